The fourth-order valence-electron chi connectivity index (χ4n) is 9.87. The third-order valence-corrected chi connectivity index (χ3v) is 12.9. The van der Waals surface area contributed by atoms with Gasteiger partial charge in [-0.25, -0.2) is 0 Å². The van der Waals surface area contributed by atoms with Crippen LogP contribution in [0.1, 0.15) is 88.6 Å². The molecule has 2 nitrogen and oxygen atoms in total. The molecule has 56 heavy (non-hydrogen) atoms. The zero-order valence-electron chi connectivity index (χ0n) is 33.9. The van der Waals surface area contributed by atoms with Crippen LogP contribution in [0.25, 0.3) is 60.5 Å². The highest BCUT2D eigenvalue weighted by atomic mass is 15.0. The number of aryl methyl sites for hydroxylation is 2. The number of rotatable bonds is 7. The monoisotopic (exact) mass is 725 g/mol. The first kappa shape index (κ1) is 34.9. The molecule has 0 saturated carbocycles. The Hall–Kier alpha value is -5.54. The van der Waals surface area contributed by atoms with Crippen LogP contribution in [-0.4, -0.2) is 11.8 Å². The highest BCUT2D eigenvalue weighted by Gasteiger charge is 2.37. The predicted octanol–water partition coefficient (Wildman–Crippen LogP) is 13.0. The van der Waals surface area contributed by atoms with Crippen LogP contribution in [0.2, 0.25) is 0 Å². The van der Waals surface area contributed by atoms with E-state index in [1.165, 1.54) is 119 Å². The van der Waals surface area contributed by atoms with Crippen LogP contribution in [0.15, 0.2) is 121 Å². The first-order valence-corrected chi connectivity index (χ1v) is 20.7. The van der Waals surface area contributed by atoms with Crippen molar-refractivity contribution in [2.24, 2.45) is 0 Å². The van der Waals surface area contributed by atoms with Crippen molar-refractivity contribution in [1.82, 2.24) is 4.57 Å². The number of hydrogen-bond acceptors (Lipinski definition) is 1. The second-order valence-corrected chi connectivity index (χ2v) is 18.0. The zero-order chi connectivity index (χ0) is 38.5. The molecule has 1 aliphatic carbocycles. The van der Waals surface area contributed by atoms with Crippen molar-refractivity contribution in [1.29, 1.82) is 0 Å². The molecule has 0 amide bonds. The standard InChI is InChI=1S/C53H50BN2/c1-8-9-10-15-33-20-24-36(25-21-33)55-45-31-39-38-18-13-14-19-42(38)53(6,7)43(39)30-40(45)41-28-32(2)48-49-37-17-12-11-16-34(37)22-26-47(49)56-46-27-23-35(52(3,4)5)29-44(46)54-50(41)51(48)56/h11-14,16-31,55H,8-10,15H2,1-7H3. The molecule has 0 bridgehead atoms. The van der Waals surface area contributed by atoms with E-state index in [9.17, 15) is 0 Å². The van der Waals surface area contributed by atoms with Gasteiger partial charge in [-0.15, -0.1) is 0 Å². The number of anilines is 2. The fraction of sp³-hybridized carbons (Fsp3) is 0.245. The van der Waals surface area contributed by atoms with Gasteiger partial charge in [-0.2, -0.15) is 0 Å². The molecule has 2 heterocycles. The Balaban J connectivity index is 1.25. The number of nitrogens with one attached hydrogen (secondary N) is 1. The van der Waals surface area contributed by atoms with E-state index < -0.39 is 0 Å². The molecule has 0 unspecified atom stereocenters. The Morgan fingerprint density at radius 3 is 2.29 bits per heavy atom. The van der Waals surface area contributed by atoms with Crippen molar-refractivity contribution in [2.45, 2.75) is 85.0 Å². The second kappa shape index (κ2) is 12.7. The Kier molecular flexibility index (Phi) is 7.95. The van der Waals surface area contributed by atoms with Gasteiger partial charge in [-0.05, 0) is 122 Å². The highest BCUT2D eigenvalue weighted by Crippen LogP contribution is 2.52. The van der Waals surface area contributed by atoms with Crippen molar-refractivity contribution in [3.8, 4) is 27.9 Å². The molecular weight excluding hydrogens is 675 g/mol. The second-order valence-electron chi connectivity index (χ2n) is 18.0. The number of fused-ring (bicyclic) bond motifs is 10. The van der Waals surface area contributed by atoms with Crippen molar-refractivity contribution >= 4 is 62.2 Å². The van der Waals surface area contributed by atoms with Crippen molar-refractivity contribution in [3.05, 3.63) is 149 Å². The Morgan fingerprint density at radius 2 is 1.48 bits per heavy atom. The average Bonchev–Trinajstić information content (AvgIpc) is 3.66. The van der Waals surface area contributed by atoms with E-state index >= 15 is 0 Å². The summed E-state index contributed by atoms with van der Waals surface area (Å²) in [7, 11) is 2.49. The van der Waals surface area contributed by atoms with Gasteiger partial charge < -0.3 is 9.88 Å². The molecule has 1 N–H and O–H groups in total. The minimum atomic E-state index is -0.124. The molecule has 8 aromatic rings. The molecule has 0 fully saturated rings. The fourth-order valence-corrected chi connectivity index (χ4v) is 9.87. The lowest BCUT2D eigenvalue weighted by atomic mass is 9.58. The van der Waals surface area contributed by atoms with E-state index in [-0.39, 0.29) is 10.8 Å². The van der Waals surface area contributed by atoms with Gasteiger partial charge >= 0.3 is 0 Å². The highest BCUT2D eigenvalue weighted by molar-refractivity contribution is 6.73. The molecule has 1 radical (unpaired) electrons. The summed E-state index contributed by atoms with van der Waals surface area (Å²) in [6.45, 7) is 16.3. The largest absolute Gasteiger partial charge is 0.355 e. The van der Waals surface area contributed by atoms with E-state index in [2.05, 4.69) is 187 Å². The summed E-state index contributed by atoms with van der Waals surface area (Å²) in [5.74, 6) is 0. The van der Waals surface area contributed by atoms with Crippen molar-refractivity contribution < 1.29 is 0 Å². The Labute approximate surface area is 332 Å². The minimum Gasteiger partial charge on any atom is -0.355 e. The molecule has 1 aliphatic heterocycles. The van der Waals surface area contributed by atoms with E-state index in [1.807, 2.05) is 0 Å². The van der Waals surface area contributed by atoms with Crippen LogP contribution in [0.5, 0.6) is 0 Å². The lowest BCUT2D eigenvalue weighted by Gasteiger charge is -2.28. The Bertz CT molecular complexity index is 2880. The number of unbranched alkanes of at least 4 members (excludes halogenated alkanes) is 2. The maximum absolute atomic E-state index is 3.98. The molecular formula is C53H50BN2. The molecule has 275 valence electrons. The number of hydrogen-bond donors (Lipinski definition) is 1. The van der Waals surface area contributed by atoms with Crippen LogP contribution >= 0.6 is 0 Å². The van der Waals surface area contributed by atoms with Gasteiger partial charge in [0.2, 0.25) is 0 Å². The number of aromatic nitrogens is 1. The smallest absolute Gasteiger partial charge is 0.197 e. The first-order chi connectivity index (χ1) is 27.0. The SMILES string of the molecule is CCCCCc1ccc(Nc2cc3c(cc2-c2cc(C)c4c5c6ccccc6ccc5n5c4c2[B]c2cc(C(C)(C)C)ccc2-5)C(C)(C)c2ccccc2-3)cc1. The third-order valence-electron chi connectivity index (χ3n) is 12.9. The summed E-state index contributed by atoms with van der Waals surface area (Å²) < 4.78 is 2.57. The van der Waals surface area contributed by atoms with Crippen LogP contribution in [-0.2, 0) is 17.3 Å². The summed E-state index contributed by atoms with van der Waals surface area (Å²) >= 11 is 0. The van der Waals surface area contributed by atoms with E-state index in [0.29, 0.717) is 0 Å². The van der Waals surface area contributed by atoms with Gasteiger partial charge in [0.25, 0.3) is 0 Å². The molecule has 10 rings (SSSR count). The topological polar surface area (TPSA) is 17.0 Å². The minimum absolute atomic E-state index is 0.0345. The predicted molar refractivity (Wildman–Crippen MR) is 243 cm³/mol. The van der Waals surface area contributed by atoms with Gasteiger partial charge in [0, 0.05) is 44.3 Å². The van der Waals surface area contributed by atoms with Crippen LogP contribution in [0.3, 0.4) is 0 Å². The van der Waals surface area contributed by atoms with E-state index in [1.54, 1.807) is 0 Å². The summed E-state index contributed by atoms with van der Waals surface area (Å²) in [6, 6.07) is 46.3. The molecule has 3 heteroatoms. The van der Waals surface area contributed by atoms with Crippen LogP contribution < -0.4 is 16.2 Å². The van der Waals surface area contributed by atoms with Gasteiger partial charge in [-0.1, -0.05) is 145 Å². The number of nitrogens with zero attached hydrogens (tertiary/aromatic N) is 1. The van der Waals surface area contributed by atoms with E-state index in [0.717, 1.165) is 17.8 Å². The molecule has 7 aromatic carbocycles. The Morgan fingerprint density at radius 1 is 0.696 bits per heavy atom. The van der Waals surface area contributed by atoms with Gasteiger partial charge in [0.1, 0.15) is 0 Å². The van der Waals surface area contributed by atoms with Crippen molar-refractivity contribution in [3.63, 3.8) is 0 Å². The quantitative estimate of drug-likeness (QED) is 0.128. The maximum atomic E-state index is 3.98. The normalized spacial score (nSPS) is 13.8. The lowest BCUT2D eigenvalue weighted by Crippen LogP contribution is -2.38. The summed E-state index contributed by atoms with van der Waals surface area (Å²) in [6.07, 6.45) is 4.88. The third kappa shape index (κ3) is 5.30. The summed E-state index contributed by atoms with van der Waals surface area (Å²) in [4.78, 5) is 0. The molecule has 0 saturated heterocycles. The molecule has 2 aliphatic rings. The molecule has 0 spiro atoms. The van der Waals surface area contributed by atoms with Gasteiger partial charge in [0.15, 0.2) is 7.28 Å². The lowest BCUT2D eigenvalue weighted by molar-refractivity contribution is 0.590. The van der Waals surface area contributed by atoms with Crippen LogP contribution in [0.4, 0.5) is 11.4 Å². The van der Waals surface area contributed by atoms with Gasteiger partial charge in [-0.3, -0.25) is 0 Å². The number of benzene rings is 7. The average molecular weight is 726 g/mol. The first-order valence-electron chi connectivity index (χ1n) is 20.7. The summed E-state index contributed by atoms with van der Waals surface area (Å²) in [5.41, 5.74) is 20.5. The molecule has 1 aromatic heterocycles. The van der Waals surface area contributed by atoms with Gasteiger partial charge in [0.05, 0.1) is 5.52 Å². The van der Waals surface area contributed by atoms with Crippen LogP contribution in [0, 0.1) is 6.92 Å². The van der Waals surface area contributed by atoms with Crippen molar-refractivity contribution in [2.75, 3.05) is 5.32 Å². The van der Waals surface area contributed by atoms with E-state index in [4.69, 9.17) is 0 Å². The zero-order valence-corrected chi connectivity index (χ0v) is 33.9. The maximum Gasteiger partial charge on any atom is 0.197 e. The molecule has 0 atom stereocenters. The summed E-state index contributed by atoms with van der Waals surface area (Å²) in [5, 5.41) is 9.25.